The summed E-state index contributed by atoms with van der Waals surface area (Å²) in [6, 6.07) is 4.25. The van der Waals surface area contributed by atoms with Crippen LogP contribution in [0.25, 0.3) is 0 Å². The van der Waals surface area contributed by atoms with E-state index in [4.69, 9.17) is 11.6 Å². The fourth-order valence-corrected chi connectivity index (χ4v) is 1.79. The summed E-state index contributed by atoms with van der Waals surface area (Å²) in [5, 5.41) is 12.9. The van der Waals surface area contributed by atoms with Crippen molar-refractivity contribution in [2.75, 3.05) is 6.61 Å². The van der Waals surface area contributed by atoms with E-state index in [1.165, 1.54) is 12.1 Å². The Morgan fingerprint density at radius 2 is 2.19 bits per heavy atom. The summed E-state index contributed by atoms with van der Waals surface area (Å²) in [5.74, 6) is -0.367. The molecule has 16 heavy (non-hydrogen) atoms. The number of nitrogens with one attached hydrogen (secondary N) is 1. The van der Waals surface area contributed by atoms with E-state index in [1.54, 1.807) is 6.07 Å². The van der Waals surface area contributed by atoms with Crippen LogP contribution in [0.5, 0.6) is 0 Å². The van der Waals surface area contributed by atoms with Crippen LogP contribution in [0.2, 0.25) is 5.02 Å². The smallest absolute Gasteiger partial charge is 0.124 e. The number of hydrogen-bond acceptors (Lipinski definition) is 2. The highest BCUT2D eigenvalue weighted by molar-refractivity contribution is 6.31. The van der Waals surface area contributed by atoms with Crippen LogP contribution in [0.3, 0.4) is 0 Å². The molecule has 0 radical (unpaired) electrons. The van der Waals surface area contributed by atoms with E-state index in [2.05, 4.69) is 12.2 Å². The normalized spacial score (nSPS) is 14.8. The van der Waals surface area contributed by atoms with Gasteiger partial charge in [0.2, 0.25) is 0 Å². The first-order valence-corrected chi connectivity index (χ1v) is 5.78. The summed E-state index contributed by atoms with van der Waals surface area (Å²) < 4.78 is 12.9. The number of aliphatic hydroxyl groups is 1. The Morgan fingerprint density at radius 3 is 2.69 bits per heavy atom. The third-order valence-corrected chi connectivity index (χ3v) is 2.95. The predicted molar refractivity (Wildman–Crippen MR) is 64.1 cm³/mol. The lowest BCUT2D eigenvalue weighted by Gasteiger charge is -2.22. The van der Waals surface area contributed by atoms with Crippen LogP contribution < -0.4 is 5.32 Å². The average Bonchev–Trinajstić information content (AvgIpc) is 2.26. The first-order valence-electron chi connectivity index (χ1n) is 5.40. The van der Waals surface area contributed by atoms with Gasteiger partial charge in [0.1, 0.15) is 5.82 Å². The molecule has 2 atom stereocenters. The summed E-state index contributed by atoms with van der Waals surface area (Å²) in [5.41, 5.74) is 0.728. The highest BCUT2D eigenvalue weighted by atomic mass is 35.5. The number of benzene rings is 1. The van der Waals surface area contributed by atoms with Crippen molar-refractivity contribution in [2.45, 2.75) is 32.4 Å². The van der Waals surface area contributed by atoms with Crippen LogP contribution >= 0.6 is 11.6 Å². The minimum atomic E-state index is -0.367. The fourth-order valence-electron chi connectivity index (χ4n) is 1.49. The Labute approximate surface area is 100 Å². The maximum atomic E-state index is 12.9. The molecular formula is C12H17ClFNO. The van der Waals surface area contributed by atoms with E-state index >= 15 is 0 Å². The summed E-state index contributed by atoms with van der Waals surface area (Å²) in [7, 11) is 0. The minimum absolute atomic E-state index is 0.0598. The summed E-state index contributed by atoms with van der Waals surface area (Å²) in [6.45, 7) is 4.02. The topological polar surface area (TPSA) is 32.3 Å². The van der Waals surface area contributed by atoms with E-state index in [0.717, 1.165) is 12.0 Å². The fraction of sp³-hybridized carbons (Fsp3) is 0.500. The Balaban J connectivity index is 2.86. The van der Waals surface area contributed by atoms with Crippen molar-refractivity contribution < 1.29 is 9.50 Å². The molecule has 4 heteroatoms. The SMILES string of the molecule is CCC(C)NC(CO)c1ccc(F)cc1Cl. The third-order valence-electron chi connectivity index (χ3n) is 2.62. The van der Waals surface area contributed by atoms with Crippen LogP contribution in [0.15, 0.2) is 18.2 Å². The molecule has 0 saturated heterocycles. The van der Waals surface area contributed by atoms with Gasteiger partial charge in [0, 0.05) is 11.1 Å². The van der Waals surface area contributed by atoms with Gasteiger partial charge in [0.15, 0.2) is 0 Å². The molecule has 90 valence electrons. The van der Waals surface area contributed by atoms with Gasteiger partial charge in [-0.15, -0.1) is 0 Å². The number of aliphatic hydroxyl groups excluding tert-OH is 1. The summed E-state index contributed by atoms with van der Waals surface area (Å²) in [4.78, 5) is 0. The molecule has 1 aromatic rings. The van der Waals surface area contributed by atoms with E-state index in [0.29, 0.717) is 5.02 Å². The van der Waals surface area contributed by atoms with Crippen molar-refractivity contribution in [3.8, 4) is 0 Å². The lowest BCUT2D eigenvalue weighted by Crippen LogP contribution is -2.32. The van der Waals surface area contributed by atoms with E-state index in [1.807, 2.05) is 6.92 Å². The van der Waals surface area contributed by atoms with Crippen LogP contribution in [0.1, 0.15) is 31.9 Å². The van der Waals surface area contributed by atoms with Gasteiger partial charge in [0.05, 0.1) is 12.6 Å². The zero-order valence-electron chi connectivity index (χ0n) is 9.50. The van der Waals surface area contributed by atoms with Gasteiger partial charge in [-0.1, -0.05) is 24.6 Å². The number of rotatable bonds is 5. The quantitative estimate of drug-likeness (QED) is 0.836. The average molecular weight is 246 g/mol. The van der Waals surface area contributed by atoms with E-state index in [9.17, 15) is 9.50 Å². The number of halogens is 2. The molecule has 0 aromatic heterocycles. The molecule has 0 aliphatic carbocycles. The van der Waals surface area contributed by atoms with Gasteiger partial charge >= 0.3 is 0 Å². The Bertz CT molecular complexity index is 346. The molecule has 0 bridgehead atoms. The highest BCUT2D eigenvalue weighted by Crippen LogP contribution is 2.24. The van der Waals surface area contributed by atoms with Crippen LogP contribution in [-0.4, -0.2) is 17.8 Å². The van der Waals surface area contributed by atoms with Crippen molar-refractivity contribution in [3.63, 3.8) is 0 Å². The maximum absolute atomic E-state index is 12.9. The number of hydrogen-bond donors (Lipinski definition) is 2. The van der Waals surface area contributed by atoms with Gasteiger partial charge in [-0.25, -0.2) is 4.39 Å². The van der Waals surface area contributed by atoms with E-state index in [-0.39, 0.29) is 24.5 Å². The zero-order valence-corrected chi connectivity index (χ0v) is 10.3. The molecule has 0 spiro atoms. The highest BCUT2D eigenvalue weighted by Gasteiger charge is 2.15. The molecule has 0 saturated carbocycles. The Hall–Kier alpha value is -0.640. The Morgan fingerprint density at radius 1 is 1.50 bits per heavy atom. The van der Waals surface area contributed by atoms with E-state index < -0.39 is 0 Å². The standard InChI is InChI=1S/C12H17ClFNO/c1-3-8(2)15-12(7-16)10-5-4-9(14)6-11(10)13/h4-6,8,12,15-16H,3,7H2,1-2H3. The molecule has 2 nitrogen and oxygen atoms in total. The largest absolute Gasteiger partial charge is 0.394 e. The molecule has 0 amide bonds. The first kappa shape index (κ1) is 13.4. The van der Waals surface area contributed by atoms with Gasteiger partial charge < -0.3 is 10.4 Å². The van der Waals surface area contributed by atoms with Gasteiger partial charge in [-0.05, 0) is 31.0 Å². The van der Waals surface area contributed by atoms with Crippen molar-refractivity contribution in [3.05, 3.63) is 34.6 Å². The van der Waals surface area contributed by atoms with Gasteiger partial charge in [0.25, 0.3) is 0 Å². The van der Waals surface area contributed by atoms with Crippen LogP contribution in [-0.2, 0) is 0 Å². The van der Waals surface area contributed by atoms with Gasteiger partial charge in [-0.2, -0.15) is 0 Å². The molecule has 0 aliphatic heterocycles. The summed E-state index contributed by atoms with van der Waals surface area (Å²) >= 11 is 5.94. The molecule has 1 aromatic carbocycles. The summed E-state index contributed by atoms with van der Waals surface area (Å²) in [6.07, 6.45) is 0.954. The van der Waals surface area contributed by atoms with Crippen molar-refractivity contribution in [1.82, 2.24) is 5.32 Å². The molecule has 2 N–H and O–H groups in total. The lowest BCUT2D eigenvalue weighted by molar-refractivity contribution is 0.234. The van der Waals surface area contributed by atoms with Crippen LogP contribution in [0.4, 0.5) is 4.39 Å². The zero-order chi connectivity index (χ0) is 12.1. The minimum Gasteiger partial charge on any atom is -0.394 e. The molecule has 2 unspecified atom stereocenters. The van der Waals surface area contributed by atoms with Crippen molar-refractivity contribution in [2.24, 2.45) is 0 Å². The lowest BCUT2D eigenvalue weighted by atomic mass is 10.1. The second-order valence-electron chi connectivity index (χ2n) is 3.88. The van der Waals surface area contributed by atoms with Crippen molar-refractivity contribution >= 4 is 11.6 Å². The van der Waals surface area contributed by atoms with Crippen LogP contribution in [0, 0.1) is 5.82 Å². The predicted octanol–water partition coefficient (Wildman–Crippen LogP) is 2.90. The third kappa shape index (κ3) is 3.44. The van der Waals surface area contributed by atoms with Crippen molar-refractivity contribution in [1.29, 1.82) is 0 Å². The first-order chi connectivity index (χ1) is 7.58. The molecule has 1 rings (SSSR count). The molecule has 0 heterocycles. The van der Waals surface area contributed by atoms with Gasteiger partial charge in [-0.3, -0.25) is 0 Å². The second-order valence-corrected chi connectivity index (χ2v) is 4.28. The molecular weight excluding hydrogens is 229 g/mol. The Kier molecular flexibility index (Phi) is 5.19. The maximum Gasteiger partial charge on any atom is 0.124 e. The second kappa shape index (κ2) is 6.18. The monoisotopic (exact) mass is 245 g/mol. The molecule has 0 aliphatic rings. The molecule has 0 fully saturated rings.